The highest BCUT2D eigenvalue weighted by Gasteiger charge is 2.41. The van der Waals surface area contributed by atoms with E-state index in [1.807, 2.05) is 11.8 Å². The van der Waals surface area contributed by atoms with Crippen LogP contribution in [0.3, 0.4) is 0 Å². The highest BCUT2D eigenvalue weighted by molar-refractivity contribution is 8.01. The van der Waals surface area contributed by atoms with Crippen molar-refractivity contribution in [2.75, 3.05) is 25.4 Å². The van der Waals surface area contributed by atoms with Gasteiger partial charge in [0, 0.05) is 12.6 Å². The summed E-state index contributed by atoms with van der Waals surface area (Å²) in [4.78, 5) is 15.0. The molecule has 2 rings (SSSR count). The molecule has 0 radical (unpaired) electrons. The third-order valence-corrected chi connectivity index (χ3v) is 5.65. The number of thioether (sulfide) groups is 1. The van der Waals surface area contributed by atoms with E-state index in [0.29, 0.717) is 11.9 Å². The summed E-state index contributed by atoms with van der Waals surface area (Å²) in [7, 11) is 0. The number of amides is 1. The van der Waals surface area contributed by atoms with Crippen LogP contribution in [0.2, 0.25) is 0 Å². The predicted octanol–water partition coefficient (Wildman–Crippen LogP) is 2.26. The van der Waals surface area contributed by atoms with Crippen molar-refractivity contribution in [1.29, 1.82) is 0 Å². The lowest BCUT2D eigenvalue weighted by Crippen LogP contribution is -2.52. The molecule has 1 unspecified atom stereocenters. The van der Waals surface area contributed by atoms with Gasteiger partial charge in [-0.2, -0.15) is 0 Å². The molecule has 0 spiro atoms. The summed E-state index contributed by atoms with van der Waals surface area (Å²) in [5.41, 5.74) is 0. The Morgan fingerprint density at radius 3 is 2.72 bits per heavy atom. The molecule has 0 saturated carbocycles. The number of hydrogen-bond donors (Lipinski definition) is 1. The Labute approximate surface area is 115 Å². The zero-order valence-corrected chi connectivity index (χ0v) is 12.5. The van der Waals surface area contributed by atoms with Crippen LogP contribution in [0.15, 0.2) is 0 Å². The van der Waals surface area contributed by atoms with E-state index >= 15 is 0 Å². The number of piperidine rings is 1. The van der Waals surface area contributed by atoms with Crippen LogP contribution in [0.1, 0.15) is 46.0 Å². The van der Waals surface area contributed by atoms with Gasteiger partial charge in [-0.3, -0.25) is 4.79 Å². The van der Waals surface area contributed by atoms with Gasteiger partial charge < -0.3 is 10.2 Å². The average molecular weight is 270 g/mol. The first kappa shape index (κ1) is 14.2. The maximum Gasteiger partial charge on any atom is 0.238 e. The predicted molar refractivity (Wildman–Crippen MR) is 78.0 cm³/mol. The van der Waals surface area contributed by atoms with Crippen molar-refractivity contribution in [3.8, 4) is 0 Å². The van der Waals surface area contributed by atoms with Crippen LogP contribution in [-0.4, -0.2) is 47.0 Å². The third kappa shape index (κ3) is 3.02. The second kappa shape index (κ2) is 6.29. The van der Waals surface area contributed by atoms with E-state index in [2.05, 4.69) is 24.1 Å². The lowest BCUT2D eigenvalue weighted by Gasteiger charge is -2.39. The van der Waals surface area contributed by atoms with Crippen molar-refractivity contribution in [2.45, 2.75) is 56.7 Å². The Kier molecular flexibility index (Phi) is 4.96. The number of carbonyl (C=O) groups is 1. The molecular formula is C14H26N2OS. The minimum absolute atomic E-state index is 0.139. The van der Waals surface area contributed by atoms with Crippen LogP contribution >= 0.6 is 11.8 Å². The fraction of sp³-hybridized carbons (Fsp3) is 0.929. The molecule has 1 atom stereocenters. The van der Waals surface area contributed by atoms with Gasteiger partial charge in [-0.25, -0.2) is 0 Å². The van der Waals surface area contributed by atoms with E-state index in [0.717, 1.165) is 51.1 Å². The molecule has 2 saturated heterocycles. The normalized spacial score (nSPS) is 29.4. The van der Waals surface area contributed by atoms with E-state index in [1.165, 1.54) is 6.42 Å². The molecule has 1 amide bonds. The summed E-state index contributed by atoms with van der Waals surface area (Å²) in [5.74, 6) is 1.55. The quantitative estimate of drug-likeness (QED) is 0.850. The van der Waals surface area contributed by atoms with Crippen molar-refractivity contribution in [2.24, 2.45) is 0 Å². The zero-order valence-electron chi connectivity index (χ0n) is 11.7. The van der Waals surface area contributed by atoms with Crippen LogP contribution in [0.5, 0.6) is 0 Å². The molecule has 2 aliphatic heterocycles. The molecule has 3 nitrogen and oxygen atoms in total. The molecule has 0 aromatic rings. The van der Waals surface area contributed by atoms with Crippen molar-refractivity contribution in [3.05, 3.63) is 0 Å². The molecule has 18 heavy (non-hydrogen) atoms. The maximum atomic E-state index is 12.8. The van der Waals surface area contributed by atoms with Gasteiger partial charge in [0.25, 0.3) is 0 Å². The number of carbonyl (C=O) groups excluding carboxylic acids is 1. The van der Waals surface area contributed by atoms with E-state index < -0.39 is 0 Å². The first-order chi connectivity index (χ1) is 8.67. The minimum Gasteiger partial charge on any atom is -0.338 e. The number of nitrogens with one attached hydrogen (secondary N) is 1. The van der Waals surface area contributed by atoms with Crippen LogP contribution < -0.4 is 5.32 Å². The average Bonchev–Trinajstić information content (AvgIpc) is 2.84. The van der Waals surface area contributed by atoms with Crippen molar-refractivity contribution < 1.29 is 4.79 Å². The highest BCUT2D eigenvalue weighted by Crippen LogP contribution is 2.40. The monoisotopic (exact) mass is 270 g/mol. The van der Waals surface area contributed by atoms with Crippen molar-refractivity contribution in [1.82, 2.24) is 10.2 Å². The van der Waals surface area contributed by atoms with E-state index in [1.54, 1.807) is 0 Å². The zero-order chi connectivity index (χ0) is 13.0. The molecule has 0 aliphatic carbocycles. The molecule has 1 N–H and O–H groups in total. The Hall–Kier alpha value is -0.220. The smallest absolute Gasteiger partial charge is 0.238 e. The molecule has 2 aliphatic rings. The number of nitrogens with zero attached hydrogens (tertiary/aromatic N) is 1. The Balaban J connectivity index is 2.05. The summed E-state index contributed by atoms with van der Waals surface area (Å²) in [6.45, 7) is 7.37. The van der Waals surface area contributed by atoms with Gasteiger partial charge in [-0.05, 0) is 57.9 Å². The van der Waals surface area contributed by atoms with Crippen LogP contribution in [0.4, 0.5) is 0 Å². The molecule has 0 aromatic carbocycles. The van der Waals surface area contributed by atoms with Gasteiger partial charge in [0.1, 0.15) is 0 Å². The van der Waals surface area contributed by atoms with Crippen LogP contribution in [0.25, 0.3) is 0 Å². The number of hydrogen-bond acceptors (Lipinski definition) is 3. The fourth-order valence-electron chi connectivity index (χ4n) is 3.06. The van der Waals surface area contributed by atoms with Gasteiger partial charge in [-0.15, -0.1) is 11.8 Å². The SMILES string of the molecule is CCCN(C(=O)C1(C)CCCS1)C1CCNCC1. The second-order valence-electron chi connectivity index (χ2n) is 5.66. The molecule has 4 heteroatoms. The molecular weight excluding hydrogens is 244 g/mol. The Morgan fingerprint density at radius 2 is 2.17 bits per heavy atom. The van der Waals surface area contributed by atoms with Crippen molar-refractivity contribution >= 4 is 17.7 Å². The van der Waals surface area contributed by atoms with Crippen LogP contribution in [-0.2, 0) is 4.79 Å². The van der Waals surface area contributed by atoms with Gasteiger partial charge in [0.05, 0.1) is 4.75 Å². The highest BCUT2D eigenvalue weighted by atomic mass is 32.2. The van der Waals surface area contributed by atoms with E-state index in [4.69, 9.17) is 0 Å². The van der Waals surface area contributed by atoms with Crippen LogP contribution in [0, 0.1) is 0 Å². The summed E-state index contributed by atoms with van der Waals surface area (Å²) in [6.07, 6.45) is 5.55. The molecule has 0 aromatic heterocycles. The topological polar surface area (TPSA) is 32.3 Å². The standard InChI is InChI=1S/C14H26N2OS/c1-3-10-16(12-5-8-15-9-6-12)13(17)14(2)7-4-11-18-14/h12,15H,3-11H2,1-2H3. The fourth-order valence-corrected chi connectivity index (χ4v) is 4.33. The lowest BCUT2D eigenvalue weighted by atomic mass is 9.99. The summed E-state index contributed by atoms with van der Waals surface area (Å²) < 4.78 is -0.139. The Morgan fingerprint density at radius 1 is 1.44 bits per heavy atom. The summed E-state index contributed by atoms with van der Waals surface area (Å²) >= 11 is 1.86. The van der Waals surface area contributed by atoms with Gasteiger partial charge in [0.15, 0.2) is 0 Å². The van der Waals surface area contributed by atoms with E-state index in [9.17, 15) is 4.79 Å². The van der Waals surface area contributed by atoms with Gasteiger partial charge >= 0.3 is 0 Å². The third-order valence-electron chi connectivity index (χ3n) is 4.15. The van der Waals surface area contributed by atoms with Gasteiger partial charge in [0.2, 0.25) is 5.91 Å². The largest absolute Gasteiger partial charge is 0.338 e. The first-order valence-electron chi connectivity index (χ1n) is 7.33. The summed E-state index contributed by atoms with van der Waals surface area (Å²) in [5, 5.41) is 3.39. The first-order valence-corrected chi connectivity index (χ1v) is 8.31. The summed E-state index contributed by atoms with van der Waals surface area (Å²) in [6, 6.07) is 0.469. The Bertz CT molecular complexity index is 284. The maximum absolute atomic E-state index is 12.8. The molecule has 2 heterocycles. The molecule has 0 bridgehead atoms. The second-order valence-corrected chi connectivity index (χ2v) is 7.26. The van der Waals surface area contributed by atoms with Gasteiger partial charge in [-0.1, -0.05) is 6.92 Å². The lowest BCUT2D eigenvalue weighted by molar-refractivity contribution is -0.136. The molecule has 2 fully saturated rings. The van der Waals surface area contributed by atoms with Crippen molar-refractivity contribution in [3.63, 3.8) is 0 Å². The number of rotatable bonds is 4. The minimum atomic E-state index is -0.139. The van der Waals surface area contributed by atoms with E-state index in [-0.39, 0.29) is 4.75 Å². The molecule has 104 valence electrons.